The first-order valence-electron chi connectivity index (χ1n) is 8.84. The number of rotatable bonds is 6. The molecule has 3 fully saturated rings. The number of nitrogens with zero attached hydrogens (tertiary/aromatic N) is 3. The molecule has 1 aromatic rings. The lowest BCUT2D eigenvalue weighted by atomic mass is 9.94. The Bertz CT molecular complexity index is 487. The van der Waals surface area contributed by atoms with Crippen LogP contribution >= 0.6 is 12.4 Å². The van der Waals surface area contributed by atoms with Crippen LogP contribution in [0.4, 0.5) is 0 Å². The van der Waals surface area contributed by atoms with Crippen LogP contribution in [0.3, 0.4) is 0 Å². The second-order valence-corrected chi connectivity index (χ2v) is 6.95. The molecule has 2 heterocycles. The molecule has 3 unspecified atom stereocenters. The summed E-state index contributed by atoms with van der Waals surface area (Å²) in [5, 5.41) is 15.8. The maximum absolute atomic E-state index is 5.64. The van der Waals surface area contributed by atoms with Crippen molar-refractivity contribution in [2.24, 2.45) is 5.92 Å². The first-order valence-corrected chi connectivity index (χ1v) is 8.84. The standard InChI is InChI=1S/C16H27N5O.ClH/c1-2-13(15-10-22-9-7-18-15)14(3-1)17-6-8-21-11-19-20-16(21)12-4-5-12;/h11-15,17-18H,1-10H2;1H. The lowest BCUT2D eigenvalue weighted by Crippen LogP contribution is -2.51. The van der Waals surface area contributed by atoms with Gasteiger partial charge in [0.1, 0.15) is 12.2 Å². The van der Waals surface area contributed by atoms with Crippen LogP contribution in [0.25, 0.3) is 0 Å². The Hall–Kier alpha value is -0.690. The number of morpholine rings is 1. The molecular formula is C16H28ClN5O. The molecule has 0 spiro atoms. The van der Waals surface area contributed by atoms with Crippen molar-refractivity contribution in [3.63, 3.8) is 0 Å². The van der Waals surface area contributed by atoms with Crippen LogP contribution in [0.2, 0.25) is 0 Å². The van der Waals surface area contributed by atoms with Crippen molar-refractivity contribution in [2.45, 2.75) is 56.7 Å². The molecule has 7 heteroatoms. The Balaban J connectivity index is 0.00000156. The third-order valence-electron chi connectivity index (χ3n) is 5.38. The van der Waals surface area contributed by atoms with Crippen molar-refractivity contribution in [2.75, 3.05) is 26.3 Å². The van der Waals surface area contributed by atoms with Crippen molar-refractivity contribution in [1.29, 1.82) is 0 Å². The van der Waals surface area contributed by atoms with Gasteiger partial charge >= 0.3 is 0 Å². The molecule has 2 saturated carbocycles. The number of hydrogen-bond acceptors (Lipinski definition) is 5. The summed E-state index contributed by atoms with van der Waals surface area (Å²) in [6.45, 7) is 4.72. The quantitative estimate of drug-likeness (QED) is 0.817. The van der Waals surface area contributed by atoms with E-state index in [9.17, 15) is 0 Å². The first-order chi connectivity index (χ1) is 10.9. The van der Waals surface area contributed by atoms with Crippen LogP contribution in [0.15, 0.2) is 6.33 Å². The average Bonchev–Trinajstić information content (AvgIpc) is 3.11. The summed E-state index contributed by atoms with van der Waals surface area (Å²) in [6.07, 6.45) is 8.39. The highest BCUT2D eigenvalue weighted by atomic mass is 35.5. The maximum Gasteiger partial charge on any atom is 0.135 e. The largest absolute Gasteiger partial charge is 0.379 e. The fourth-order valence-electron chi connectivity index (χ4n) is 4.05. The molecule has 2 N–H and O–H groups in total. The summed E-state index contributed by atoms with van der Waals surface area (Å²) in [6, 6.07) is 1.16. The number of nitrogens with one attached hydrogen (secondary N) is 2. The van der Waals surface area contributed by atoms with Crippen LogP contribution in [0, 0.1) is 5.92 Å². The van der Waals surface area contributed by atoms with Crippen LogP contribution in [-0.4, -0.2) is 53.2 Å². The van der Waals surface area contributed by atoms with Gasteiger partial charge in [0.25, 0.3) is 0 Å². The van der Waals surface area contributed by atoms with Crippen molar-refractivity contribution in [3.8, 4) is 0 Å². The number of hydrogen-bond donors (Lipinski definition) is 2. The lowest BCUT2D eigenvalue weighted by Gasteiger charge is -2.33. The minimum atomic E-state index is 0. The van der Waals surface area contributed by atoms with Gasteiger partial charge in [-0.25, -0.2) is 0 Å². The zero-order valence-electron chi connectivity index (χ0n) is 13.6. The average molecular weight is 342 g/mol. The Kier molecular flexibility index (Phi) is 5.91. The van der Waals surface area contributed by atoms with E-state index in [4.69, 9.17) is 4.74 Å². The highest BCUT2D eigenvalue weighted by Gasteiger charge is 2.34. The molecule has 3 atom stereocenters. The van der Waals surface area contributed by atoms with E-state index in [2.05, 4.69) is 25.4 Å². The normalized spacial score (nSPS) is 31.0. The second kappa shape index (κ2) is 7.92. The van der Waals surface area contributed by atoms with Crippen LogP contribution in [0.1, 0.15) is 43.8 Å². The topological polar surface area (TPSA) is 64.0 Å². The van der Waals surface area contributed by atoms with E-state index in [1.807, 2.05) is 6.33 Å². The van der Waals surface area contributed by atoms with E-state index in [1.54, 1.807) is 0 Å². The fourth-order valence-corrected chi connectivity index (χ4v) is 4.05. The minimum Gasteiger partial charge on any atom is -0.379 e. The van der Waals surface area contributed by atoms with Crippen LogP contribution in [-0.2, 0) is 11.3 Å². The third-order valence-corrected chi connectivity index (χ3v) is 5.38. The molecule has 4 rings (SSSR count). The van der Waals surface area contributed by atoms with Crippen molar-refractivity contribution in [1.82, 2.24) is 25.4 Å². The van der Waals surface area contributed by atoms with Gasteiger partial charge in [-0.3, -0.25) is 0 Å². The molecule has 1 aliphatic heterocycles. The number of halogens is 1. The van der Waals surface area contributed by atoms with Gasteiger partial charge in [-0.15, -0.1) is 22.6 Å². The molecule has 0 aromatic carbocycles. The molecular weight excluding hydrogens is 314 g/mol. The molecule has 1 aromatic heterocycles. The van der Waals surface area contributed by atoms with Gasteiger partial charge in [0.05, 0.1) is 13.2 Å². The summed E-state index contributed by atoms with van der Waals surface area (Å²) in [5.74, 6) is 2.57. The van der Waals surface area contributed by atoms with Crippen molar-refractivity contribution < 1.29 is 4.74 Å². The first kappa shape index (κ1) is 17.1. The lowest BCUT2D eigenvalue weighted by molar-refractivity contribution is 0.0525. The monoisotopic (exact) mass is 341 g/mol. The third kappa shape index (κ3) is 4.05. The second-order valence-electron chi connectivity index (χ2n) is 6.95. The zero-order valence-corrected chi connectivity index (χ0v) is 14.4. The fraction of sp³-hybridized carbons (Fsp3) is 0.875. The van der Waals surface area contributed by atoms with Gasteiger partial charge in [0.2, 0.25) is 0 Å². The van der Waals surface area contributed by atoms with E-state index in [0.717, 1.165) is 32.8 Å². The molecule has 0 radical (unpaired) electrons. The highest BCUT2D eigenvalue weighted by molar-refractivity contribution is 5.85. The van der Waals surface area contributed by atoms with Gasteiger partial charge < -0.3 is 19.9 Å². The van der Waals surface area contributed by atoms with Gasteiger partial charge in [-0.2, -0.15) is 0 Å². The Labute approximate surface area is 144 Å². The molecule has 2 aliphatic carbocycles. The Morgan fingerprint density at radius 2 is 2.22 bits per heavy atom. The van der Waals surface area contributed by atoms with Crippen LogP contribution < -0.4 is 10.6 Å². The van der Waals surface area contributed by atoms with E-state index in [1.165, 1.54) is 37.9 Å². The minimum absolute atomic E-state index is 0. The van der Waals surface area contributed by atoms with E-state index >= 15 is 0 Å². The zero-order chi connectivity index (χ0) is 14.8. The summed E-state index contributed by atoms with van der Waals surface area (Å²) in [7, 11) is 0. The molecule has 6 nitrogen and oxygen atoms in total. The Morgan fingerprint density at radius 1 is 1.30 bits per heavy atom. The summed E-state index contributed by atoms with van der Waals surface area (Å²) < 4.78 is 7.88. The molecule has 3 aliphatic rings. The van der Waals surface area contributed by atoms with Gasteiger partial charge in [-0.05, 0) is 31.6 Å². The molecule has 0 amide bonds. The maximum atomic E-state index is 5.64. The van der Waals surface area contributed by atoms with Gasteiger partial charge in [0, 0.05) is 37.6 Å². The highest BCUT2D eigenvalue weighted by Crippen LogP contribution is 2.38. The molecule has 130 valence electrons. The van der Waals surface area contributed by atoms with E-state index in [-0.39, 0.29) is 12.4 Å². The smallest absolute Gasteiger partial charge is 0.135 e. The van der Waals surface area contributed by atoms with Crippen LogP contribution in [0.5, 0.6) is 0 Å². The summed E-state index contributed by atoms with van der Waals surface area (Å²) in [4.78, 5) is 0. The van der Waals surface area contributed by atoms with E-state index < -0.39 is 0 Å². The SMILES string of the molecule is Cl.c1nnc(C2CC2)n1CCNC1CCCC1C1COCCN1. The summed E-state index contributed by atoms with van der Waals surface area (Å²) in [5.41, 5.74) is 0. The number of aromatic nitrogens is 3. The van der Waals surface area contributed by atoms with Gasteiger partial charge in [0.15, 0.2) is 0 Å². The van der Waals surface area contributed by atoms with Crippen molar-refractivity contribution in [3.05, 3.63) is 12.2 Å². The van der Waals surface area contributed by atoms with Gasteiger partial charge in [-0.1, -0.05) is 6.42 Å². The van der Waals surface area contributed by atoms with E-state index in [0.29, 0.717) is 23.9 Å². The summed E-state index contributed by atoms with van der Waals surface area (Å²) >= 11 is 0. The predicted molar refractivity (Wildman–Crippen MR) is 91.0 cm³/mol. The molecule has 23 heavy (non-hydrogen) atoms. The van der Waals surface area contributed by atoms with Crippen molar-refractivity contribution >= 4 is 12.4 Å². The predicted octanol–water partition coefficient (Wildman–Crippen LogP) is 1.32. The molecule has 1 saturated heterocycles. The number of ether oxygens (including phenoxy) is 1. The molecule has 0 bridgehead atoms. The Morgan fingerprint density at radius 3 is 3.00 bits per heavy atom.